The van der Waals surface area contributed by atoms with Crippen LogP contribution in [0.25, 0.3) is 22.2 Å². The second kappa shape index (κ2) is 7.20. The normalized spacial score (nSPS) is 13.4. The van der Waals surface area contributed by atoms with Crippen molar-refractivity contribution in [3.63, 3.8) is 0 Å². The van der Waals surface area contributed by atoms with E-state index in [1.165, 1.54) is 7.11 Å². The highest BCUT2D eigenvalue weighted by atomic mass is 16.7. The Morgan fingerprint density at radius 1 is 1.10 bits per heavy atom. The largest absolute Gasteiger partial charge is 0.464 e. The average molecular weight is 402 g/mol. The third-order valence-electron chi connectivity index (χ3n) is 5.11. The number of pyridine rings is 1. The van der Waals surface area contributed by atoms with Gasteiger partial charge in [0.2, 0.25) is 6.79 Å². The van der Waals surface area contributed by atoms with Crippen molar-refractivity contribution >= 4 is 16.9 Å². The van der Waals surface area contributed by atoms with Gasteiger partial charge in [0, 0.05) is 17.0 Å². The maximum absolute atomic E-state index is 11.9. The van der Waals surface area contributed by atoms with E-state index in [4.69, 9.17) is 14.2 Å². The van der Waals surface area contributed by atoms with Gasteiger partial charge in [0.1, 0.15) is 11.8 Å². The summed E-state index contributed by atoms with van der Waals surface area (Å²) in [5, 5.41) is 12.1. The molecule has 0 radical (unpaired) electrons. The highest BCUT2D eigenvalue weighted by Crippen LogP contribution is 2.43. The number of carbonyl (C=O) groups excluding carboxylic acids is 1. The number of aromatic amines is 1. The summed E-state index contributed by atoms with van der Waals surface area (Å²) in [7, 11) is 1.29. The minimum absolute atomic E-state index is 0.132. The lowest BCUT2D eigenvalue weighted by Gasteiger charge is -2.13. The van der Waals surface area contributed by atoms with Crippen molar-refractivity contribution in [2.45, 2.75) is 6.10 Å². The Balaban J connectivity index is 1.71. The van der Waals surface area contributed by atoms with Gasteiger partial charge in [0.15, 0.2) is 11.5 Å². The van der Waals surface area contributed by atoms with E-state index in [9.17, 15) is 9.90 Å². The second-order valence-electron chi connectivity index (χ2n) is 6.87. The summed E-state index contributed by atoms with van der Waals surface area (Å²) < 4.78 is 15.8. The van der Waals surface area contributed by atoms with Crippen LogP contribution < -0.4 is 9.47 Å². The molecule has 0 saturated carbocycles. The minimum Gasteiger partial charge on any atom is -0.464 e. The highest BCUT2D eigenvalue weighted by Gasteiger charge is 2.26. The van der Waals surface area contributed by atoms with Crippen LogP contribution in [0.15, 0.2) is 60.7 Å². The molecule has 0 amide bonds. The maximum atomic E-state index is 11.9. The molecule has 4 aromatic rings. The molecule has 1 atom stereocenters. The van der Waals surface area contributed by atoms with Crippen molar-refractivity contribution in [2.75, 3.05) is 13.9 Å². The fourth-order valence-corrected chi connectivity index (χ4v) is 3.69. The zero-order valence-electron chi connectivity index (χ0n) is 16.1. The summed E-state index contributed by atoms with van der Waals surface area (Å²) in [5.41, 5.74) is 3.59. The Hall–Kier alpha value is -3.84. The van der Waals surface area contributed by atoms with Crippen molar-refractivity contribution < 1.29 is 24.1 Å². The highest BCUT2D eigenvalue weighted by molar-refractivity contribution is 5.94. The standard InChI is InChI=1S/C23H18N2O5/c1-28-23(27)16-9-5-8-15(24-16)22(26)20-14-10-18-19(30-12-29-18)11-17(14)25-21(20)13-6-3-2-4-7-13/h2-11,22,25-26H,12H2,1H3. The summed E-state index contributed by atoms with van der Waals surface area (Å²) in [4.78, 5) is 19.6. The molecule has 5 rings (SSSR count). The molecular formula is C23H18N2O5. The van der Waals surface area contributed by atoms with Crippen molar-refractivity contribution in [3.05, 3.63) is 77.6 Å². The number of hydrogen-bond donors (Lipinski definition) is 2. The Kier molecular flexibility index (Phi) is 4.37. The zero-order valence-corrected chi connectivity index (χ0v) is 16.1. The first-order chi connectivity index (χ1) is 14.7. The fourth-order valence-electron chi connectivity index (χ4n) is 3.69. The molecule has 7 heteroatoms. The summed E-state index contributed by atoms with van der Waals surface area (Å²) in [6.07, 6.45) is -1.08. The van der Waals surface area contributed by atoms with E-state index in [2.05, 4.69) is 9.97 Å². The maximum Gasteiger partial charge on any atom is 0.356 e. The first-order valence-corrected chi connectivity index (χ1v) is 9.39. The number of rotatable bonds is 4. The van der Waals surface area contributed by atoms with Gasteiger partial charge in [-0.1, -0.05) is 36.4 Å². The molecule has 0 spiro atoms. The van der Waals surface area contributed by atoms with Crippen LogP contribution >= 0.6 is 0 Å². The van der Waals surface area contributed by atoms with Crippen LogP contribution in [0.5, 0.6) is 11.5 Å². The Bertz CT molecular complexity index is 1250. The molecule has 2 aromatic heterocycles. The van der Waals surface area contributed by atoms with E-state index in [-0.39, 0.29) is 12.5 Å². The lowest BCUT2D eigenvalue weighted by atomic mass is 9.98. The van der Waals surface area contributed by atoms with Crippen LogP contribution in [-0.2, 0) is 4.74 Å². The summed E-state index contributed by atoms with van der Waals surface area (Å²) in [6.45, 7) is 0.161. The molecule has 30 heavy (non-hydrogen) atoms. The Morgan fingerprint density at radius 3 is 2.63 bits per heavy atom. The Morgan fingerprint density at radius 2 is 1.87 bits per heavy atom. The molecule has 1 unspecified atom stereocenters. The number of carbonyl (C=O) groups is 1. The number of nitrogens with zero attached hydrogens (tertiary/aromatic N) is 1. The van der Waals surface area contributed by atoms with Crippen molar-refractivity contribution in [2.24, 2.45) is 0 Å². The molecule has 7 nitrogen and oxygen atoms in total. The minimum atomic E-state index is -1.08. The first-order valence-electron chi connectivity index (χ1n) is 9.39. The van der Waals surface area contributed by atoms with Crippen LogP contribution in [0.1, 0.15) is 27.8 Å². The average Bonchev–Trinajstić information content (AvgIpc) is 3.40. The third-order valence-corrected chi connectivity index (χ3v) is 5.11. The molecule has 0 fully saturated rings. The molecule has 0 aliphatic carbocycles. The zero-order chi connectivity index (χ0) is 20.7. The first kappa shape index (κ1) is 18.2. The number of ether oxygens (including phenoxy) is 3. The topological polar surface area (TPSA) is 93.7 Å². The number of aromatic nitrogens is 2. The van der Waals surface area contributed by atoms with Gasteiger partial charge in [-0.05, 0) is 23.8 Å². The van der Waals surface area contributed by atoms with Gasteiger partial charge >= 0.3 is 5.97 Å². The Labute approximate surface area is 171 Å². The molecule has 1 aliphatic heterocycles. The molecule has 2 aromatic carbocycles. The molecular weight excluding hydrogens is 384 g/mol. The van der Waals surface area contributed by atoms with Crippen molar-refractivity contribution in [1.29, 1.82) is 0 Å². The van der Waals surface area contributed by atoms with Crippen LogP contribution in [0.3, 0.4) is 0 Å². The quantitative estimate of drug-likeness (QED) is 0.504. The number of hydrogen-bond acceptors (Lipinski definition) is 6. The SMILES string of the molecule is COC(=O)c1cccc(C(O)c2c(-c3ccccc3)[nH]c3cc4c(cc23)OCO4)n1. The molecule has 3 heterocycles. The molecule has 150 valence electrons. The van der Waals surface area contributed by atoms with Crippen LogP contribution in [-0.4, -0.2) is 34.9 Å². The van der Waals surface area contributed by atoms with E-state index < -0.39 is 12.1 Å². The number of aliphatic hydroxyl groups excluding tert-OH is 1. The monoisotopic (exact) mass is 402 g/mol. The van der Waals surface area contributed by atoms with Gasteiger partial charge in [-0.2, -0.15) is 0 Å². The third kappa shape index (κ3) is 2.96. The van der Waals surface area contributed by atoms with E-state index in [1.807, 2.05) is 42.5 Å². The van der Waals surface area contributed by atoms with Gasteiger partial charge in [-0.25, -0.2) is 9.78 Å². The van der Waals surface area contributed by atoms with E-state index in [0.717, 1.165) is 22.2 Å². The van der Waals surface area contributed by atoms with E-state index >= 15 is 0 Å². The van der Waals surface area contributed by atoms with Crippen LogP contribution in [0.4, 0.5) is 0 Å². The summed E-state index contributed by atoms with van der Waals surface area (Å²) >= 11 is 0. The fraction of sp³-hybridized carbons (Fsp3) is 0.130. The lowest BCUT2D eigenvalue weighted by molar-refractivity contribution is 0.0593. The van der Waals surface area contributed by atoms with Crippen LogP contribution in [0, 0.1) is 0 Å². The summed E-state index contributed by atoms with van der Waals surface area (Å²) in [6, 6.07) is 18.3. The van der Waals surface area contributed by atoms with Crippen molar-refractivity contribution in [1.82, 2.24) is 9.97 Å². The number of H-pyrrole nitrogens is 1. The number of nitrogens with one attached hydrogen (secondary N) is 1. The lowest BCUT2D eigenvalue weighted by Crippen LogP contribution is -2.09. The molecule has 0 bridgehead atoms. The van der Waals surface area contributed by atoms with Crippen LogP contribution in [0.2, 0.25) is 0 Å². The summed E-state index contributed by atoms with van der Waals surface area (Å²) in [5.74, 6) is 0.704. The number of fused-ring (bicyclic) bond motifs is 2. The predicted octanol–water partition coefficient (Wildman–Crippen LogP) is 3.83. The molecule has 2 N–H and O–H groups in total. The number of methoxy groups -OCH3 is 1. The van der Waals surface area contributed by atoms with E-state index in [1.54, 1.807) is 18.2 Å². The molecule has 0 saturated heterocycles. The number of esters is 1. The number of aliphatic hydroxyl groups is 1. The van der Waals surface area contributed by atoms with Crippen molar-refractivity contribution in [3.8, 4) is 22.8 Å². The van der Waals surface area contributed by atoms with Gasteiger partial charge in [0.05, 0.1) is 24.0 Å². The predicted molar refractivity (Wildman–Crippen MR) is 109 cm³/mol. The smallest absolute Gasteiger partial charge is 0.356 e. The van der Waals surface area contributed by atoms with Gasteiger partial charge in [0.25, 0.3) is 0 Å². The van der Waals surface area contributed by atoms with Gasteiger partial charge in [-0.15, -0.1) is 0 Å². The number of benzene rings is 2. The van der Waals surface area contributed by atoms with E-state index in [0.29, 0.717) is 22.8 Å². The van der Waals surface area contributed by atoms with Gasteiger partial charge < -0.3 is 24.3 Å². The van der Waals surface area contributed by atoms with Gasteiger partial charge in [-0.3, -0.25) is 0 Å². The molecule has 1 aliphatic rings. The second-order valence-corrected chi connectivity index (χ2v) is 6.87.